The minimum absolute atomic E-state index is 0.344. The predicted octanol–water partition coefficient (Wildman–Crippen LogP) is 2.67. The van der Waals surface area contributed by atoms with E-state index < -0.39 is 0 Å². The number of anilines is 1. The van der Waals surface area contributed by atoms with Crippen LogP contribution in [0, 0.1) is 0 Å². The molecule has 118 valence electrons. The molecular formula is C17H30N4. The molecule has 0 spiro atoms. The maximum Gasteiger partial charge on any atom is 0.133 e. The summed E-state index contributed by atoms with van der Waals surface area (Å²) < 4.78 is 0. The Hall–Kier alpha value is -1.13. The van der Waals surface area contributed by atoms with Crippen LogP contribution in [0.5, 0.6) is 0 Å². The molecular weight excluding hydrogens is 260 g/mol. The van der Waals surface area contributed by atoms with Crippen molar-refractivity contribution >= 4 is 5.82 Å². The summed E-state index contributed by atoms with van der Waals surface area (Å²) in [5.74, 6) is 1.14. The fourth-order valence-electron chi connectivity index (χ4n) is 3.25. The summed E-state index contributed by atoms with van der Waals surface area (Å²) >= 11 is 0. The highest BCUT2D eigenvalue weighted by molar-refractivity contribution is 5.48. The first-order valence-corrected chi connectivity index (χ1v) is 8.30. The van der Waals surface area contributed by atoms with Crippen LogP contribution in [-0.4, -0.2) is 49.2 Å². The molecule has 0 aliphatic carbocycles. The van der Waals surface area contributed by atoms with E-state index in [9.17, 15) is 0 Å². The molecule has 4 heteroatoms. The largest absolute Gasteiger partial charge is 0.356 e. The van der Waals surface area contributed by atoms with Gasteiger partial charge < -0.3 is 15.1 Å². The fraction of sp³-hybridized carbons (Fsp3) is 0.706. The molecule has 2 heterocycles. The zero-order chi connectivity index (χ0) is 15.2. The minimum Gasteiger partial charge on any atom is -0.356 e. The van der Waals surface area contributed by atoms with Crippen molar-refractivity contribution in [2.75, 3.05) is 38.1 Å². The second-order valence-corrected chi connectivity index (χ2v) is 5.97. The Balaban J connectivity index is 2.10. The lowest BCUT2D eigenvalue weighted by Crippen LogP contribution is -2.44. The van der Waals surface area contributed by atoms with Crippen molar-refractivity contribution in [1.29, 1.82) is 0 Å². The third kappa shape index (κ3) is 3.95. The molecule has 2 rings (SSSR count). The van der Waals surface area contributed by atoms with Crippen molar-refractivity contribution in [2.45, 2.75) is 45.7 Å². The Morgan fingerprint density at radius 3 is 2.71 bits per heavy atom. The first-order chi connectivity index (χ1) is 10.2. The molecule has 0 radical (unpaired) electrons. The van der Waals surface area contributed by atoms with Crippen molar-refractivity contribution in [1.82, 2.24) is 15.2 Å². The van der Waals surface area contributed by atoms with Gasteiger partial charge in [0.15, 0.2) is 0 Å². The van der Waals surface area contributed by atoms with E-state index in [1.807, 2.05) is 12.3 Å². The monoisotopic (exact) mass is 290 g/mol. The van der Waals surface area contributed by atoms with Crippen LogP contribution in [0.4, 0.5) is 5.82 Å². The second kappa shape index (κ2) is 7.76. The zero-order valence-electron chi connectivity index (χ0n) is 14.0. The van der Waals surface area contributed by atoms with Crippen molar-refractivity contribution in [3.63, 3.8) is 0 Å². The van der Waals surface area contributed by atoms with Crippen LogP contribution in [0.25, 0.3) is 0 Å². The number of rotatable bonds is 6. The van der Waals surface area contributed by atoms with Crippen molar-refractivity contribution < 1.29 is 0 Å². The Bertz CT molecular complexity index is 427. The predicted molar refractivity (Wildman–Crippen MR) is 89.9 cm³/mol. The lowest BCUT2D eigenvalue weighted by Gasteiger charge is -2.38. The van der Waals surface area contributed by atoms with Gasteiger partial charge in [0.25, 0.3) is 0 Å². The molecule has 1 unspecified atom stereocenters. The maximum atomic E-state index is 4.67. The van der Waals surface area contributed by atoms with E-state index in [1.54, 1.807) is 0 Å². The molecule has 1 saturated heterocycles. The van der Waals surface area contributed by atoms with Gasteiger partial charge >= 0.3 is 0 Å². The topological polar surface area (TPSA) is 31.4 Å². The molecule has 0 bridgehead atoms. The maximum absolute atomic E-state index is 4.67. The molecule has 4 nitrogen and oxygen atoms in total. The molecule has 1 N–H and O–H groups in total. The number of aromatic nitrogens is 1. The number of pyridine rings is 1. The second-order valence-electron chi connectivity index (χ2n) is 5.97. The number of hydrogen-bond donors (Lipinski definition) is 1. The first-order valence-electron chi connectivity index (χ1n) is 8.30. The van der Waals surface area contributed by atoms with Gasteiger partial charge in [-0.25, -0.2) is 4.98 Å². The summed E-state index contributed by atoms with van der Waals surface area (Å²) in [5, 5.41) is 3.50. The highest BCUT2D eigenvalue weighted by Gasteiger charge is 2.24. The van der Waals surface area contributed by atoms with Gasteiger partial charge in [0.1, 0.15) is 5.82 Å². The van der Waals surface area contributed by atoms with Gasteiger partial charge in [-0.15, -0.1) is 0 Å². The van der Waals surface area contributed by atoms with Gasteiger partial charge in [0.2, 0.25) is 0 Å². The van der Waals surface area contributed by atoms with Crippen LogP contribution in [-0.2, 0) is 0 Å². The third-order valence-electron chi connectivity index (χ3n) is 4.68. The molecule has 1 aromatic heterocycles. The molecule has 1 atom stereocenters. The minimum atomic E-state index is 0.344. The number of hydrogen-bond acceptors (Lipinski definition) is 4. The third-order valence-corrected chi connectivity index (χ3v) is 4.68. The molecule has 1 aromatic rings. The van der Waals surface area contributed by atoms with E-state index in [0.717, 1.165) is 12.4 Å². The van der Waals surface area contributed by atoms with Gasteiger partial charge in [-0.1, -0.05) is 19.9 Å². The lowest BCUT2D eigenvalue weighted by atomic mass is 10.0. The van der Waals surface area contributed by atoms with Crippen LogP contribution in [0.15, 0.2) is 18.3 Å². The Morgan fingerprint density at radius 2 is 2.10 bits per heavy atom. The van der Waals surface area contributed by atoms with Crippen molar-refractivity contribution in [3.8, 4) is 0 Å². The summed E-state index contributed by atoms with van der Waals surface area (Å²) in [6.07, 6.45) is 4.38. The molecule has 1 aliphatic heterocycles. The average molecular weight is 290 g/mol. The first kappa shape index (κ1) is 16.2. The van der Waals surface area contributed by atoms with Crippen LogP contribution in [0.3, 0.4) is 0 Å². The summed E-state index contributed by atoms with van der Waals surface area (Å²) in [5.41, 5.74) is 1.31. The number of piperidine rings is 1. The fourth-order valence-corrected chi connectivity index (χ4v) is 3.25. The number of nitrogens with one attached hydrogen (secondary N) is 1. The smallest absolute Gasteiger partial charge is 0.133 e. The van der Waals surface area contributed by atoms with Crippen LogP contribution < -0.4 is 10.2 Å². The van der Waals surface area contributed by atoms with Gasteiger partial charge in [0, 0.05) is 44.0 Å². The number of nitrogens with zero attached hydrogens (tertiary/aromatic N) is 3. The average Bonchev–Trinajstić information content (AvgIpc) is 2.54. The van der Waals surface area contributed by atoms with Gasteiger partial charge in [0.05, 0.1) is 0 Å². The molecule has 21 heavy (non-hydrogen) atoms. The molecule has 0 saturated carbocycles. The van der Waals surface area contributed by atoms with Crippen molar-refractivity contribution in [2.24, 2.45) is 0 Å². The van der Waals surface area contributed by atoms with Gasteiger partial charge in [-0.2, -0.15) is 0 Å². The quantitative estimate of drug-likeness (QED) is 0.873. The number of likely N-dealkylation sites (tertiary alicyclic amines) is 1. The van der Waals surface area contributed by atoms with E-state index in [4.69, 9.17) is 0 Å². The highest BCUT2D eigenvalue weighted by Crippen LogP contribution is 2.27. The van der Waals surface area contributed by atoms with E-state index >= 15 is 0 Å². The normalized spacial score (nSPS) is 18.7. The highest BCUT2D eigenvalue weighted by atomic mass is 15.2. The van der Waals surface area contributed by atoms with Gasteiger partial charge in [-0.05, 0) is 38.9 Å². The Kier molecular flexibility index (Phi) is 6.00. The summed E-state index contributed by atoms with van der Waals surface area (Å²) in [6.45, 7) is 11.2. The Morgan fingerprint density at radius 1 is 1.38 bits per heavy atom. The SMILES string of the molecule is CCNC(C)c1cccnc1N(C)C1CCN(CC)CC1. The molecule has 0 aromatic carbocycles. The van der Waals surface area contributed by atoms with Gasteiger partial charge in [-0.3, -0.25) is 0 Å². The standard InChI is InChI=1S/C17H30N4/c1-5-18-14(3)16-8-7-11-19-17(16)20(4)15-9-12-21(6-2)13-10-15/h7-8,11,14-15,18H,5-6,9-10,12-13H2,1-4H3. The van der Waals surface area contributed by atoms with E-state index in [0.29, 0.717) is 12.1 Å². The summed E-state index contributed by atoms with van der Waals surface area (Å²) in [6, 6.07) is 5.19. The van der Waals surface area contributed by atoms with E-state index in [1.165, 1.54) is 38.0 Å². The van der Waals surface area contributed by atoms with Crippen LogP contribution in [0.2, 0.25) is 0 Å². The summed E-state index contributed by atoms with van der Waals surface area (Å²) in [4.78, 5) is 9.60. The van der Waals surface area contributed by atoms with Crippen LogP contribution >= 0.6 is 0 Å². The summed E-state index contributed by atoms with van der Waals surface area (Å²) in [7, 11) is 2.21. The lowest BCUT2D eigenvalue weighted by molar-refractivity contribution is 0.220. The van der Waals surface area contributed by atoms with Crippen molar-refractivity contribution in [3.05, 3.63) is 23.9 Å². The van der Waals surface area contributed by atoms with E-state index in [2.05, 4.69) is 54.0 Å². The van der Waals surface area contributed by atoms with E-state index in [-0.39, 0.29) is 0 Å². The molecule has 1 aliphatic rings. The molecule has 1 fully saturated rings. The zero-order valence-corrected chi connectivity index (χ0v) is 14.0. The molecule has 0 amide bonds. The van der Waals surface area contributed by atoms with Crippen LogP contribution in [0.1, 0.15) is 45.2 Å². The Labute approximate surface area is 129 Å².